The van der Waals surface area contributed by atoms with E-state index in [1.807, 2.05) is 24.3 Å². The molecule has 1 saturated heterocycles. The molecule has 0 unspecified atom stereocenters. The number of fused-ring (bicyclic) bond motifs is 1. The van der Waals surface area contributed by atoms with E-state index in [-0.39, 0.29) is 17.9 Å². The van der Waals surface area contributed by atoms with Gasteiger partial charge in [0, 0.05) is 30.7 Å². The lowest BCUT2D eigenvalue weighted by Gasteiger charge is -2.38. The van der Waals surface area contributed by atoms with Gasteiger partial charge in [-0.3, -0.25) is 9.78 Å². The number of nitrogens with two attached hydrogens (primary N) is 1. The van der Waals surface area contributed by atoms with Gasteiger partial charge in [-0.2, -0.15) is 0 Å². The van der Waals surface area contributed by atoms with Gasteiger partial charge >= 0.3 is 0 Å². The molecule has 2 heterocycles. The molecule has 0 aliphatic carbocycles. The zero-order chi connectivity index (χ0) is 22.9. The number of amides is 1. The minimum Gasteiger partial charge on any atom is -0.497 e. The number of unbranched alkanes of at least 4 members (excludes halogenated alkanes) is 4. The molecule has 1 aliphatic heterocycles. The summed E-state index contributed by atoms with van der Waals surface area (Å²) in [6.45, 7) is 5.22. The van der Waals surface area contributed by atoms with E-state index in [4.69, 9.17) is 10.5 Å². The monoisotopic (exact) mass is 442 g/mol. The summed E-state index contributed by atoms with van der Waals surface area (Å²) >= 11 is 0. The highest BCUT2D eigenvalue weighted by Crippen LogP contribution is 2.27. The number of pyridine rings is 1. The van der Waals surface area contributed by atoms with Crippen LogP contribution in [0.15, 0.2) is 30.5 Å². The fraction of sp³-hybridized carbons (Fsp3) is 0.600. The van der Waals surface area contributed by atoms with E-state index < -0.39 is 6.10 Å². The number of carbonyl (C=O) groups excluding carboxylic acids is 1. The van der Waals surface area contributed by atoms with Crippen molar-refractivity contribution in [2.75, 3.05) is 33.3 Å². The number of hydrogen-bond donors (Lipinski definition) is 3. The maximum absolute atomic E-state index is 12.2. The second-order valence-corrected chi connectivity index (χ2v) is 8.83. The van der Waals surface area contributed by atoms with Crippen LogP contribution in [0.2, 0.25) is 0 Å². The summed E-state index contributed by atoms with van der Waals surface area (Å²) in [5, 5.41) is 15.2. The summed E-state index contributed by atoms with van der Waals surface area (Å²) in [5.41, 5.74) is 7.35. The lowest BCUT2D eigenvalue weighted by atomic mass is 9.90. The predicted octanol–water partition coefficient (Wildman–Crippen LogP) is 3.01. The SMILES string of the molecule is CCCCCCCN1CC[C@@H](NC[C@H](O)c2ccnc3ccc(OC)cc23)[C@@H](C(N)=O)C1. The van der Waals surface area contributed by atoms with E-state index in [1.165, 1.54) is 32.1 Å². The second-order valence-electron chi connectivity index (χ2n) is 8.83. The standard InChI is InChI=1S/C25H38N4O3/c1-3-4-5-6-7-13-29-14-11-23(21(17-29)25(26)31)28-16-24(30)19-10-12-27-22-9-8-18(32-2)15-20(19)22/h8-10,12,15,21,23-24,28,30H,3-7,11,13-14,16-17H2,1-2H3,(H2,26,31)/t21-,23+,24-/m0/s1. The predicted molar refractivity (Wildman–Crippen MR) is 128 cm³/mol. The lowest BCUT2D eigenvalue weighted by Crippen LogP contribution is -2.54. The maximum atomic E-state index is 12.2. The van der Waals surface area contributed by atoms with Gasteiger partial charge in [0.15, 0.2) is 0 Å². The van der Waals surface area contributed by atoms with E-state index in [1.54, 1.807) is 13.3 Å². The Morgan fingerprint density at radius 3 is 2.88 bits per heavy atom. The van der Waals surface area contributed by atoms with Crippen LogP contribution in [0.4, 0.5) is 0 Å². The minimum atomic E-state index is -0.724. The van der Waals surface area contributed by atoms with Crippen LogP contribution in [-0.2, 0) is 4.79 Å². The number of likely N-dealkylation sites (tertiary alicyclic amines) is 1. The first kappa shape index (κ1) is 24.4. The summed E-state index contributed by atoms with van der Waals surface area (Å²) in [6, 6.07) is 7.45. The molecule has 1 fully saturated rings. The van der Waals surface area contributed by atoms with Crippen LogP contribution in [0.3, 0.4) is 0 Å². The molecule has 0 bridgehead atoms. The molecule has 3 rings (SSSR count). The average Bonchev–Trinajstić information content (AvgIpc) is 2.81. The number of nitrogens with zero attached hydrogens (tertiary/aromatic N) is 2. The number of rotatable bonds is 12. The summed E-state index contributed by atoms with van der Waals surface area (Å²) in [7, 11) is 1.62. The number of primary amides is 1. The Labute approximate surface area is 191 Å². The average molecular weight is 443 g/mol. The molecule has 0 radical (unpaired) electrons. The van der Waals surface area contributed by atoms with Crippen molar-refractivity contribution in [2.24, 2.45) is 11.7 Å². The molecule has 32 heavy (non-hydrogen) atoms. The van der Waals surface area contributed by atoms with Crippen LogP contribution in [-0.4, -0.2) is 60.2 Å². The zero-order valence-corrected chi connectivity index (χ0v) is 19.4. The van der Waals surface area contributed by atoms with Gasteiger partial charge in [-0.15, -0.1) is 0 Å². The third-order valence-electron chi connectivity index (χ3n) is 6.56. The molecule has 1 amide bonds. The molecule has 4 N–H and O–H groups in total. The summed E-state index contributed by atoms with van der Waals surface area (Å²) < 4.78 is 5.33. The van der Waals surface area contributed by atoms with Gasteiger partial charge in [-0.25, -0.2) is 0 Å². The van der Waals surface area contributed by atoms with Crippen molar-refractivity contribution in [3.05, 3.63) is 36.0 Å². The topological polar surface area (TPSA) is 101 Å². The Bertz CT molecular complexity index is 875. The molecule has 7 heteroatoms. The van der Waals surface area contributed by atoms with Crippen LogP contribution in [0.25, 0.3) is 10.9 Å². The van der Waals surface area contributed by atoms with Crippen molar-refractivity contribution in [3.8, 4) is 5.75 Å². The van der Waals surface area contributed by atoms with Gasteiger partial charge in [-0.1, -0.05) is 32.6 Å². The highest BCUT2D eigenvalue weighted by atomic mass is 16.5. The lowest BCUT2D eigenvalue weighted by molar-refractivity contribution is -0.124. The quantitative estimate of drug-likeness (QED) is 0.437. The number of carbonyl (C=O) groups is 1. The number of nitrogens with one attached hydrogen (secondary N) is 1. The number of ether oxygens (including phenoxy) is 1. The first-order chi connectivity index (χ1) is 15.5. The maximum Gasteiger partial charge on any atom is 0.223 e. The van der Waals surface area contributed by atoms with Gasteiger partial charge in [0.1, 0.15) is 5.75 Å². The summed E-state index contributed by atoms with van der Waals surface area (Å²) in [6.07, 6.45) is 8.05. The molecule has 0 saturated carbocycles. The number of aliphatic hydroxyl groups is 1. The van der Waals surface area contributed by atoms with Crippen molar-refractivity contribution < 1.29 is 14.6 Å². The molecule has 0 spiro atoms. The molecule has 176 valence electrons. The second kappa shape index (κ2) is 12.1. The Balaban J connectivity index is 1.58. The summed E-state index contributed by atoms with van der Waals surface area (Å²) in [4.78, 5) is 18.9. The highest BCUT2D eigenvalue weighted by Gasteiger charge is 2.33. The zero-order valence-electron chi connectivity index (χ0n) is 19.4. The number of benzene rings is 1. The molecule has 3 atom stereocenters. The van der Waals surface area contributed by atoms with E-state index in [0.717, 1.165) is 41.7 Å². The molecule has 1 aromatic carbocycles. The van der Waals surface area contributed by atoms with Crippen molar-refractivity contribution in [2.45, 2.75) is 57.6 Å². The highest BCUT2D eigenvalue weighted by molar-refractivity contribution is 5.83. The summed E-state index contributed by atoms with van der Waals surface area (Å²) in [5.74, 6) is 0.204. The van der Waals surface area contributed by atoms with Crippen LogP contribution in [0.1, 0.15) is 57.1 Å². The molecular weight excluding hydrogens is 404 g/mol. The number of aliphatic hydroxyl groups excluding tert-OH is 1. The van der Waals surface area contributed by atoms with E-state index in [9.17, 15) is 9.90 Å². The van der Waals surface area contributed by atoms with E-state index in [0.29, 0.717) is 13.1 Å². The van der Waals surface area contributed by atoms with Crippen LogP contribution >= 0.6 is 0 Å². The van der Waals surface area contributed by atoms with Gasteiger partial charge in [0.2, 0.25) is 5.91 Å². The molecule has 2 aromatic rings. The van der Waals surface area contributed by atoms with Crippen molar-refractivity contribution in [3.63, 3.8) is 0 Å². The van der Waals surface area contributed by atoms with E-state index >= 15 is 0 Å². The smallest absolute Gasteiger partial charge is 0.223 e. The third-order valence-corrected chi connectivity index (χ3v) is 6.56. The molecule has 7 nitrogen and oxygen atoms in total. The Morgan fingerprint density at radius 1 is 1.31 bits per heavy atom. The Morgan fingerprint density at radius 2 is 2.12 bits per heavy atom. The van der Waals surface area contributed by atoms with Gasteiger partial charge < -0.3 is 25.8 Å². The molecular formula is C25H38N4O3. The normalized spacial score (nSPS) is 20.3. The molecule has 1 aromatic heterocycles. The minimum absolute atomic E-state index is 0.0267. The largest absolute Gasteiger partial charge is 0.497 e. The fourth-order valence-electron chi connectivity index (χ4n) is 4.63. The number of aromatic nitrogens is 1. The Kier molecular flexibility index (Phi) is 9.26. The van der Waals surface area contributed by atoms with Gasteiger partial charge in [-0.05, 0) is 55.8 Å². The van der Waals surface area contributed by atoms with Crippen LogP contribution in [0, 0.1) is 5.92 Å². The van der Waals surface area contributed by atoms with Gasteiger partial charge in [0.25, 0.3) is 0 Å². The van der Waals surface area contributed by atoms with Crippen molar-refractivity contribution >= 4 is 16.8 Å². The number of piperidine rings is 1. The van der Waals surface area contributed by atoms with Gasteiger partial charge in [0.05, 0.1) is 24.6 Å². The first-order valence-electron chi connectivity index (χ1n) is 11.9. The van der Waals surface area contributed by atoms with E-state index in [2.05, 4.69) is 22.1 Å². The number of hydrogen-bond acceptors (Lipinski definition) is 6. The van der Waals surface area contributed by atoms with Crippen molar-refractivity contribution in [1.29, 1.82) is 0 Å². The number of methoxy groups -OCH3 is 1. The van der Waals surface area contributed by atoms with Crippen LogP contribution in [0.5, 0.6) is 5.75 Å². The Hall–Kier alpha value is -2.22. The molecule has 1 aliphatic rings. The first-order valence-corrected chi connectivity index (χ1v) is 11.9. The fourth-order valence-corrected chi connectivity index (χ4v) is 4.63. The van der Waals surface area contributed by atoms with Crippen LogP contribution < -0.4 is 15.8 Å². The van der Waals surface area contributed by atoms with Crippen molar-refractivity contribution in [1.82, 2.24) is 15.2 Å². The third kappa shape index (κ3) is 6.40.